The molecule has 0 fully saturated rings. The zero-order valence-corrected chi connectivity index (χ0v) is 26.1. The molecular formula is C29H34ClFN3NaO6. The van der Waals surface area contributed by atoms with Gasteiger partial charge in [-0.3, -0.25) is 4.79 Å². The first-order valence-corrected chi connectivity index (χ1v) is 13.4. The molecule has 0 aliphatic heterocycles. The second-order valence-corrected chi connectivity index (χ2v) is 10.5. The molecule has 12 heteroatoms. The van der Waals surface area contributed by atoms with Gasteiger partial charge < -0.3 is 35.1 Å². The molecule has 2 aromatic carbocycles. The van der Waals surface area contributed by atoms with Crippen LogP contribution in [0, 0.1) is 5.82 Å². The van der Waals surface area contributed by atoms with Crippen LogP contribution in [0.15, 0.2) is 48.5 Å². The molecule has 0 saturated carbocycles. The van der Waals surface area contributed by atoms with Crippen LogP contribution in [0.3, 0.4) is 0 Å². The Bertz CT molecular complexity index is 1290. The summed E-state index contributed by atoms with van der Waals surface area (Å²) >= 11 is 5.95. The summed E-state index contributed by atoms with van der Waals surface area (Å²) in [5.41, 5.74) is 2.13. The number of rotatable bonds is 14. The average molecular weight is 598 g/mol. The van der Waals surface area contributed by atoms with Gasteiger partial charge >= 0.3 is 29.6 Å². The first-order chi connectivity index (χ1) is 19.0. The van der Waals surface area contributed by atoms with Gasteiger partial charge in [0.2, 0.25) is 0 Å². The number of aromatic nitrogens is 2. The predicted molar refractivity (Wildman–Crippen MR) is 146 cm³/mol. The molecule has 3 atom stereocenters. The number of carbonyl (C=O) groups excluding carboxylic acids is 2. The van der Waals surface area contributed by atoms with E-state index in [0.717, 1.165) is 5.56 Å². The number of aliphatic carboxylic acids is 1. The molecular weight excluding hydrogens is 564 g/mol. The van der Waals surface area contributed by atoms with Crippen molar-refractivity contribution in [3.8, 4) is 11.4 Å². The standard InChI is InChI=1S/C29H35ClFN3O6.Na/c1-17(2)27-26(29(40)32-22(16-35)13-18-3-7-20(30)8-4-18)33-28(19-5-9-21(31)10-6-19)34(27)12-11-23(36)14-24(37)15-25(38)39;/h3-10,17,22-24,35-37H,11-16H2,1-2H3,(H,32,40)(H,38,39);/q;+1/p-1/t22?,23-,24-;/m1./s1. The monoisotopic (exact) mass is 597 g/mol. The van der Waals surface area contributed by atoms with Crippen LogP contribution in [0.2, 0.25) is 5.02 Å². The quantitative estimate of drug-likeness (QED) is 0.182. The van der Waals surface area contributed by atoms with E-state index in [-0.39, 0.29) is 67.2 Å². The fourth-order valence-corrected chi connectivity index (χ4v) is 4.70. The predicted octanol–water partition coefficient (Wildman–Crippen LogP) is -0.555. The number of amides is 1. The Balaban J connectivity index is 0.00000588. The van der Waals surface area contributed by atoms with E-state index >= 15 is 0 Å². The smallest absolute Gasteiger partial charge is 0.550 e. The van der Waals surface area contributed by atoms with Crippen LogP contribution in [0.5, 0.6) is 0 Å². The number of halogens is 2. The molecule has 3 aromatic rings. The zero-order valence-electron chi connectivity index (χ0n) is 23.4. The molecule has 1 amide bonds. The van der Waals surface area contributed by atoms with Gasteiger partial charge in [-0.05, 0) is 67.1 Å². The van der Waals surface area contributed by atoms with Crippen molar-refractivity contribution in [1.29, 1.82) is 0 Å². The third-order valence-electron chi connectivity index (χ3n) is 6.45. The van der Waals surface area contributed by atoms with Gasteiger partial charge in [0, 0.05) is 29.5 Å². The number of nitrogens with zero attached hydrogens (tertiary/aromatic N) is 2. The number of carboxylic acids is 1. The summed E-state index contributed by atoms with van der Waals surface area (Å²) in [7, 11) is 0. The van der Waals surface area contributed by atoms with Gasteiger partial charge in [-0.2, -0.15) is 0 Å². The topological polar surface area (TPSA) is 148 Å². The fourth-order valence-electron chi connectivity index (χ4n) is 4.57. The Kier molecular flexibility index (Phi) is 13.9. The summed E-state index contributed by atoms with van der Waals surface area (Å²) in [6.45, 7) is 3.65. The van der Waals surface area contributed by atoms with Crippen LogP contribution in [-0.4, -0.2) is 61.6 Å². The molecule has 0 aliphatic carbocycles. The average Bonchev–Trinajstić information content (AvgIpc) is 3.28. The minimum absolute atomic E-state index is 0. The first kappa shape index (κ1) is 34.9. The number of aliphatic hydroxyl groups is 3. The van der Waals surface area contributed by atoms with Crippen LogP contribution < -0.4 is 40.0 Å². The number of imidazole rings is 1. The molecule has 216 valence electrons. The van der Waals surface area contributed by atoms with Crippen molar-refractivity contribution in [2.24, 2.45) is 0 Å². The van der Waals surface area contributed by atoms with E-state index < -0.39 is 42.4 Å². The van der Waals surface area contributed by atoms with Crippen LogP contribution in [0.4, 0.5) is 4.39 Å². The van der Waals surface area contributed by atoms with Crippen molar-refractivity contribution in [2.45, 2.75) is 70.2 Å². The van der Waals surface area contributed by atoms with Gasteiger partial charge in [0.1, 0.15) is 17.3 Å². The van der Waals surface area contributed by atoms with Crippen molar-refractivity contribution in [3.05, 3.63) is 76.3 Å². The largest absolute Gasteiger partial charge is 1.00 e. The maximum Gasteiger partial charge on any atom is 1.00 e. The Morgan fingerprint density at radius 3 is 2.27 bits per heavy atom. The van der Waals surface area contributed by atoms with Gasteiger partial charge in [-0.15, -0.1) is 0 Å². The Morgan fingerprint density at radius 2 is 1.71 bits per heavy atom. The van der Waals surface area contributed by atoms with E-state index in [9.17, 15) is 34.4 Å². The van der Waals surface area contributed by atoms with Gasteiger partial charge in [0.15, 0.2) is 0 Å². The Hall–Kier alpha value is -2.31. The minimum Gasteiger partial charge on any atom is -0.550 e. The van der Waals surface area contributed by atoms with Gasteiger partial charge in [-0.1, -0.05) is 37.6 Å². The molecule has 1 aromatic heterocycles. The molecule has 0 spiro atoms. The maximum absolute atomic E-state index is 13.7. The summed E-state index contributed by atoms with van der Waals surface area (Å²) in [6, 6.07) is 12.1. The van der Waals surface area contributed by atoms with Crippen molar-refractivity contribution < 1.29 is 64.0 Å². The molecule has 9 nitrogen and oxygen atoms in total. The van der Waals surface area contributed by atoms with Crippen molar-refractivity contribution in [1.82, 2.24) is 14.9 Å². The van der Waals surface area contributed by atoms with E-state index in [1.165, 1.54) is 24.3 Å². The first-order valence-electron chi connectivity index (χ1n) is 13.1. The second-order valence-electron chi connectivity index (χ2n) is 10.1. The van der Waals surface area contributed by atoms with Gasteiger partial charge in [0.05, 0.1) is 30.6 Å². The SMILES string of the molecule is CC(C)c1c(C(=O)NC(CO)Cc2ccc(Cl)cc2)nc(-c2ccc(F)cc2)n1CC[C@@H](O)C[C@@H](O)CC(=O)[O-].[Na+]. The zero-order chi connectivity index (χ0) is 29.4. The number of aliphatic hydroxyl groups excluding tert-OH is 3. The summed E-state index contributed by atoms with van der Waals surface area (Å²) in [5, 5.41) is 44.5. The van der Waals surface area contributed by atoms with Crippen LogP contribution in [0.25, 0.3) is 11.4 Å². The van der Waals surface area contributed by atoms with E-state index in [0.29, 0.717) is 28.5 Å². The maximum atomic E-state index is 13.7. The molecule has 1 heterocycles. The molecule has 3 rings (SSSR count). The van der Waals surface area contributed by atoms with Gasteiger partial charge in [0.25, 0.3) is 5.91 Å². The number of carboxylic acid groups (broad SMARTS) is 1. The molecule has 0 radical (unpaired) electrons. The molecule has 4 N–H and O–H groups in total. The summed E-state index contributed by atoms with van der Waals surface area (Å²) in [6.07, 6.45) is -2.56. The van der Waals surface area contributed by atoms with Crippen LogP contribution in [-0.2, 0) is 17.8 Å². The van der Waals surface area contributed by atoms with Gasteiger partial charge in [-0.25, -0.2) is 9.37 Å². The number of benzene rings is 2. The third kappa shape index (κ3) is 10.2. The molecule has 1 unspecified atom stereocenters. The van der Waals surface area contributed by atoms with Crippen LogP contribution >= 0.6 is 11.6 Å². The van der Waals surface area contributed by atoms with Crippen LogP contribution in [0.1, 0.15) is 60.8 Å². The number of hydrogen-bond donors (Lipinski definition) is 4. The molecule has 0 aliphatic rings. The normalized spacial score (nSPS) is 13.4. The number of carbonyl (C=O) groups is 2. The van der Waals surface area contributed by atoms with Crippen molar-refractivity contribution in [3.63, 3.8) is 0 Å². The van der Waals surface area contributed by atoms with E-state index in [4.69, 9.17) is 11.6 Å². The Labute approximate surface area is 265 Å². The van der Waals surface area contributed by atoms with E-state index in [1.54, 1.807) is 16.7 Å². The van der Waals surface area contributed by atoms with Crippen molar-refractivity contribution >= 4 is 23.5 Å². The molecule has 0 saturated heterocycles. The molecule has 41 heavy (non-hydrogen) atoms. The summed E-state index contributed by atoms with van der Waals surface area (Å²) < 4.78 is 15.4. The fraction of sp³-hybridized carbons (Fsp3) is 0.414. The van der Waals surface area contributed by atoms with E-state index in [1.807, 2.05) is 26.0 Å². The summed E-state index contributed by atoms with van der Waals surface area (Å²) in [5.74, 6) is -2.15. The Morgan fingerprint density at radius 1 is 1.07 bits per heavy atom. The summed E-state index contributed by atoms with van der Waals surface area (Å²) in [4.78, 5) is 28.9. The third-order valence-corrected chi connectivity index (χ3v) is 6.71. The second kappa shape index (κ2) is 16.4. The number of hydrogen-bond acceptors (Lipinski definition) is 7. The van der Waals surface area contributed by atoms with E-state index in [2.05, 4.69) is 10.3 Å². The minimum atomic E-state index is -1.41. The number of nitrogens with one attached hydrogen (secondary N) is 1. The molecule has 0 bridgehead atoms. The van der Waals surface area contributed by atoms with Crippen molar-refractivity contribution in [2.75, 3.05) is 6.61 Å².